The van der Waals surface area contributed by atoms with Crippen molar-refractivity contribution in [3.63, 3.8) is 0 Å². The summed E-state index contributed by atoms with van der Waals surface area (Å²) in [7, 11) is -3.71. The van der Waals surface area contributed by atoms with Gasteiger partial charge in [0, 0.05) is 10.7 Å². The largest absolute Gasteiger partial charge is 0.321 e. The Bertz CT molecular complexity index is 1050. The van der Waals surface area contributed by atoms with Crippen LogP contribution in [0, 0.1) is 6.92 Å². The summed E-state index contributed by atoms with van der Waals surface area (Å²) in [4.78, 5) is 16.5. The molecule has 0 radical (unpaired) electrons. The lowest BCUT2D eigenvalue weighted by Crippen LogP contribution is -2.13. The summed E-state index contributed by atoms with van der Waals surface area (Å²) in [6.07, 6.45) is 1.26. The molecule has 0 spiro atoms. The number of benzene rings is 2. The second-order valence-electron chi connectivity index (χ2n) is 5.64. The molecule has 7 heteroatoms. The van der Waals surface area contributed by atoms with Gasteiger partial charge in [-0.25, -0.2) is 13.4 Å². The van der Waals surface area contributed by atoms with E-state index in [1.165, 1.54) is 18.3 Å². The highest BCUT2D eigenvalue weighted by molar-refractivity contribution is 9.10. The molecule has 0 atom stereocenters. The summed E-state index contributed by atoms with van der Waals surface area (Å²) in [6.45, 7) is 1.88. The van der Waals surface area contributed by atoms with E-state index < -0.39 is 9.84 Å². The second kappa shape index (κ2) is 7.39. The Kier molecular flexibility index (Phi) is 5.20. The number of carbonyl (C=O) groups excluding carboxylic acids is 1. The van der Waals surface area contributed by atoms with E-state index in [1.807, 2.05) is 19.1 Å². The minimum absolute atomic E-state index is 0.0983. The van der Waals surface area contributed by atoms with Gasteiger partial charge in [-0.3, -0.25) is 4.79 Å². The average Bonchev–Trinajstić information content (AvgIpc) is 2.64. The molecule has 26 heavy (non-hydrogen) atoms. The first-order valence-corrected chi connectivity index (χ1v) is 9.99. The number of hydrogen-bond donors (Lipinski definition) is 1. The molecule has 1 heterocycles. The van der Waals surface area contributed by atoms with E-state index in [4.69, 9.17) is 0 Å². The van der Waals surface area contributed by atoms with E-state index in [-0.39, 0.29) is 21.4 Å². The molecule has 1 amide bonds. The van der Waals surface area contributed by atoms with Crippen LogP contribution in [0.1, 0.15) is 15.9 Å². The fourth-order valence-electron chi connectivity index (χ4n) is 2.27. The van der Waals surface area contributed by atoms with Crippen molar-refractivity contribution in [2.75, 3.05) is 5.32 Å². The molecule has 3 rings (SSSR count). The normalized spacial score (nSPS) is 11.2. The van der Waals surface area contributed by atoms with Crippen LogP contribution in [0.15, 0.2) is 81.3 Å². The summed E-state index contributed by atoms with van der Waals surface area (Å²) in [5.74, 6) is -0.372. The molecule has 0 saturated carbocycles. The molecule has 0 aliphatic heterocycles. The fraction of sp³-hybridized carbons (Fsp3) is 0.0526. The molecule has 1 N–H and O–H groups in total. The molecule has 0 aliphatic rings. The molecule has 132 valence electrons. The van der Waals surface area contributed by atoms with Crippen molar-refractivity contribution in [3.05, 3.63) is 82.5 Å². The van der Waals surface area contributed by atoms with E-state index >= 15 is 0 Å². The second-order valence-corrected chi connectivity index (χ2v) is 8.39. The average molecular weight is 431 g/mol. The van der Waals surface area contributed by atoms with Crippen LogP contribution in [0.25, 0.3) is 0 Å². The molecule has 0 unspecified atom stereocenters. The molecular formula is C19H15BrN2O3S. The van der Waals surface area contributed by atoms with Crippen molar-refractivity contribution in [1.29, 1.82) is 0 Å². The highest BCUT2D eigenvalue weighted by Crippen LogP contribution is 2.23. The van der Waals surface area contributed by atoms with Gasteiger partial charge in [-0.05, 0) is 59.3 Å². The number of nitrogens with zero attached hydrogens (tertiary/aromatic N) is 1. The van der Waals surface area contributed by atoms with Gasteiger partial charge in [0.1, 0.15) is 0 Å². The Morgan fingerprint density at radius 2 is 1.69 bits per heavy atom. The molecule has 0 fully saturated rings. The predicted octanol–water partition coefficient (Wildman–Crippen LogP) is 4.24. The van der Waals surface area contributed by atoms with Crippen LogP contribution >= 0.6 is 15.9 Å². The van der Waals surface area contributed by atoms with Crippen LogP contribution in [0.4, 0.5) is 5.69 Å². The van der Waals surface area contributed by atoms with Gasteiger partial charge in [-0.2, -0.15) is 0 Å². The molecule has 0 bridgehead atoms. The van der Waals surface area contributed by atoms with Gasteiger partial charge in [-0.15, -0.1) is 0 Å². The molecule has 1 aromatic heterocycles. The van der Waals surface area contributed by atoms with Gasteiger partial charge in [0.2, 0.25) is 9.84 Å². The minimum Gasteiger partial charge on any atom is -0.321 e. The third kappa shape index (κ3) is 3.84. The first-order valence-electron chi connectivity index (χ1n) is 7.71. The highest BCUT2D eigenvalue weighted by atomic mass is 79.9. The quantitative estimate of drug-likeness (QED) is 0.671. The minimum atomic E-state index is -3.71. The van der Waals surface area contributed by atoms with Gasteiger partial charge in [-0.1, -0.05) is 29.8 Å². The fourth-order valence-corrected chi connectivity index (χ4v) is 3.83. The number of aryl methyl sites for hydroxylation is 1. The van der Waals surface area contributed by atoms with Gasteiger partial charge in [0.15, 0.2) is 5.03 Å². The summed E-state index contributed by atoms with van der Waals surface area (Å²) in [5.41, 5.74) is 1.86. The molecule has 0 saturated heterocycles. The molecule has 0 aliphatic carbocycles. The number of halogens is 1. The smallest absolute Gasteiger partial charge is 0.257 e. The third-order valence-corrected chi connectivity index (χ3v) is 6.10. The lowest BCUT2D eigenvalue weighted by atomic mass is 10.2. The SMILES string of the molecule is Cc1ccc(S(=O)(=O)c2ccc(C(=O)Nc3ccccc3Br)cn2)cc1. The number of para-hydroxylation sites is 1. The summed E-state index contributed by atoms with van der Waals surface area (Å²) in [5, 5.41) is 2.65. The first kappa shape index (κ1) is 18.3. The Morgan fingerprint density at radius 3 is 2.31 bits per heavy atom. The van der Waals surface area contributed by atoms with Crippen molar-refractivity contribution < 1.29 is 13.2 Å². The van der Waals surface area contributed by atoms with Crippen molar-refractivity contribution in [1.82, 2.24) is 4.98 Å². The maximum Gasteiger partial charge on any atom is 0.257 e. The Hall–Kier alpha value is -2.51. The number of nitrogens with one attached hydrogen (secondary N) is 1. The van der Waals surface area contributed by atoms with Crippen LogP contribution in [-0.4, -0.2) is 19.3 Å². The van der Waals surface area contributed by atoms with Crippen LogP contribution in [0.3, 0.4) is 0 Å². The van der Waals surface area contributed by atoms with Crippen molar-refractivity contribution in [2.45, 2.75) is 16.8 Å². The number of anilines is 1. The van der Waals surface area contributed by atoms with Crippen molar-refractivity contribution in [3.8, 4) is 0 Å². The molecule has 5 nitrogen and oxygen atoms in total. The predicted molar refractivity (Wildman–Crippen MR) is 103 cm³/mol. The van der Waals surface area contributed by atoms with Gasteiger partial charge >= 0.3 is 0 Å². The van der Waals surface area contributed by atoms with E-state index in [0.29, 0.717) is 5.69 Å². The number of rotatable bonds is 4. The standard InChI is InChI=1S/C19H15BrN2O3S/c1-13-6-9-15(10-7-13)26(24,25)18-11-8-14(12-21-18)19(23)22-17-5-3-2-4-16(17)20/h2-12H,1H3,(H,22,23). The maximum atomic E-state index is 12.6. The lowest BCUT2D eigenvalue weighted by molar-refractivity contribution is 0.102. The Morgan fingerprint density at radius 1 is 1.00 bits per heavy atom. The van der Waals surface area contributed by atoms with Crippen LogP contribution < -0.4 is 5.32 Å². The van der Waals surface area contributed by atoms with Gasteiger partial charge < -0.3 is 5.32 Å². The summed E-state index contributed by atoms with van der Waals surface area (Å²) >= 11 is 3.36. The highest BCUT2D eigenvalue weighted by Gasteiger charge is 2.19. The Labute approximate surface area is 160 Å². The zero-order valence-corrected chi connectivity index (χ0v) is 16.2. The Balaban J connectivity index is 1.83. The summed E-state index contributed by atoms with van der Waals surface area (Å²) < 4.78 is 25.9. The van der Waals surface area contributed by atoms with E-state index in [0.717, 1.165) is 10.0 Å². The summed E-state index contributed by atoms with van der Waals surface area (Å²) in [6, 6.07) is 16.5. The number of sulfone groups is 1. The number of amides is 1. The number of carbonyl (C=O) groups is 1. The maximum absolute atomic E-state index is 12.6. The zero-order valence-electron chi connectivity index (χ0n) is 13.8. The van der Waals surface area contributed by atoms with Gasteiger partial charge in [0.25, 0.3) is 5.91 Å². The topological polar surface area (TPSA) is 76.1 Å². The molecule has 2 aromatic carbocycles. The number of aromatic nitrogens is 1. The van der Waals surface area contributed by atoms with E-state index in [2.05, 4.69) is 26.2 Å². The van der Waals surface area contributed by atoms with E-state index in [9.17, 15) is 13.2 Å². The monoisotopic (exact) mass is 430 g/mol. The number of pyridine rings is 1. The van der Waals surface area contributed by atoms with E-state index in [1.54, 1.807) is 36.4 Å². The molecular weight excluding hydrogens is 416 g/mol. The lowest BCUT2D eigenvalue weighted by Gasteiger charge is -2.08. The van der Waals surface area contributed by atoms with Crippen LogP contribution in [-0.2, 0) is 9.84 Å². The zero-order chi connectivity index (χ0) is 18.7. The van der Waals surface area contributed by atoms with Crippen LogP contribution in [0.2, 0.25) is 0 Å². The third-order valence-electron chi connectivity index (χ3n) is 3.73. The first-order chi connectivity index (χ1) is 12.4. The van der Waals surface area contributed by atoms with Gasteiger partial charge in [0.05, 0.1) is 16.1 Å². The molecule has 3 aromatic rings. The van der Waals surface area contributed by atoms with Crippen LogP contribution in [0.5, 0.6) is 0 Å². The van der Waals surface area contributed by atoms with Crippen molar-refractivity contribution in [2.24, 2.45) is 0 Å². The number of hydrogen-bond acceptors (Lipinski definition) is 4. The van der Waals surface area contributed by atoms with Crippen molar-refractivity contribution >= 4 is 37.4 Å².